The van der Waals surface area contributed by atoms with Crippen molar-refractivity contribution in [3.8, 4) is 0 Å². The topological polar surface area (TPSA) is 44.1 Å². The summed E-state index contributed by atoms with van der Waals surface area (Å²) in [6.45, 7) is 7.50. The van der Waals surface area contributed by atoms with Gasteiger partial charge in [0, 0.05) is 27.0 Å². The lowest BCUT2D eigenvalue weighted by Gasteiger charge is -2.19. The Bertz CT molecular complexity index is 611. The van der Waals surface area contributed by atoms with Crippen molar-refractivity contribution in [2.75, 3.05) is 0 Å². The van der Waals surface area contributed by atoms with Crippen LogP contribution < -0.4 is 0 Å². The first-order valence-corrected chi connectivity index (χ1v) is 6.73. The highest BCUT2D eigenvalue weighted by Crippen LogP contribution is 2.25. The highest BCUT2D eigenvalue weighted by Gasteiger charge is 2.20. The summed E-state index contributed by atoms with van der Waals surface area (Å²) < 4.78 is 7.92. The lowest BCUT2D eigenvalue weighted by Crippen LogP contribution is -2.26. The fraction of sp³-hybridized carbons (Fsp3) is 0.385. The molecule has 0 aromatic carbocycles. The number of pyridine rings is 1. The van der Waals surface area contributed by atoms with Crippen LogP contribution in [0, 0.1) is 10.5 Å². The van der Waals surface area contributed by atoms with Gasteiger partial charge in [-0.2, -0.15) is 0 Å². The highest BCUT2D eigenvalue weighted by atomic mass is 127. The van der Waals surface area contributed by atoms with Crippen molar-refractivity contribution < 1.29 is 9.53 Å². The van der Waals surface area contributed by atoms with Crippen molar-refractivity contribution in [1.29, 1.82) is 0 Å². The molecule has 0 atom stereocenters. The van der Waals surface area contributed by atoms with Gasteiger partial charge in [-0.25, -0.2) is 4.79 Å². The van der Waals surface area contributed by atoms with E-state index in [9.17, 15) is 4.79 Å². The maximum Gasteiger partial charge on any atom is 0.419 e. The number of fused-ring (bicyclic) bond motifs is 1. The Morgan fingerprint density at radius 3 is 2.72 bits per heavy atom. The largest absolute Gasteiger partial charge is 0.443 e. The number of hydrogen-bond acceptors (Lipinski definition) is 3. The molecule has 0 aliphatic heterocycles. The molecule has 0 bridgehead atoms. The quantitative estimate of drug-likeness (QED) is 0.674. The van der Waals surface area contributed by atoms with E-state index in [0.717, 1.165) is 20.2 Å². The van der Waals surface area contributed by atoms with Gasteiger partial charge in [-0.05, 0) is 56.4 Å². The van der Waals surface area contributed by atoms with Gasteiger partial charge in [-0.15, -0.1) is 0 Å². The van der Waals surface area contributed by atoms with Crippen LogP contribution >= 0.6 is 22.6 Å². The van der Waals surface area contributed by atoms with E-state index >= 15 is 0 Å². The summed E-state index contributed by atoms with van der Waals surface area (Å²) in [7, 11) is 0. The van der Waals surface area contributed by atoms with Crippen molar-refractivity contribution in [1.82, 2.24) is 9.55 Å². The number of ether oxygens (including phenoxy) is 1. The van der Waals surface area contributed by atoms with Gasteiger partial charge in [0.1, 0.15) is 5.60 Å². The first-order valence-electron chi connectivity index (χ1n) is 5.65. The number of carbonyl (C=O) groups is 1. The predicted molar refractivity (Wildman–Crippen MR) is 78.8 cm³/mol. The summed E-state index contributed by atoms with van der Waals surface area (Å²) in [6.07, 6.45) is 3.13. The molecule has 0 unspecified atom stereocenters. The van der Waals surface area contributed by atoms with E-state index in [4.69, 9.17) is 4.74 Å². The van der Waals surface area contributed by atoms with Crippen molar-refractivity contribution in [2.45, 2.75) is 33.3 Å². The second-order valence-corrected chi connectivity index (χ2v) is 6.28. The molecule has 0 aliphatic rings. The smallest absolute Gasteiger partial charge is 0.419 e. The number of aryl methyl sites for hydroxylation is 1. The van der Waals surface area contributed by atoms with Crippen LogP contribution in [0.3, 0.4) is 0 Å². The molecule has 0 fully saturated rings. The zero-order valence-electron chi connectivity index (χ0n) is 10.8. The monoisotopic (exact) mass is 358 g/mol. The summed E-state index contributed by atoms with van der Waals surface area (Å²) in [5, 5.41) is 1.00. The van der Waals surface area contributed by atoms with Crippen molar-refractivity contribution in [3.05, 3.63) is 27.7 Å². The van der Waals surface area contributed by atoms with Gasteiger partial charge in [0.05, 0.1) is 5.52 Å². The number of carbonyl (C=O) groups excluding carboxylic acids is 1. The molecular weight excluding hydrogens is 343 g/mol. The van der Waals surface area contributed by atoms with E-state index in [1.165, 1.54) is 4.57 Å². The van der Waals surface area contributed by atoms with E-state index in [2.05, 4.69) is 27.6 Å². The zero-order chi connectivity index (χ0) is 13.5. The Labute approximate surface area is 119 Å². The van der Waals surface area contributed by atoms with E-state index in [0.29, 0.717) is 0 Å². The second-order valence-electron chi connectivity index (χ2n) is 5.12. The van der Waals surface area contributed by atoms with Crippen LogP contribution in [0.1, 0.15) is 26.5 Å². The molecule has 0 saturated carbocycles. The molecule has 2 aromatic rings. The number of aromatic nitrogens is 2. The van der Waals surface area contributed by atoms with Gasteiger partial charge >= 0.3 is 6.09 Å². The van der Waals surface area contributed by atoms with Crippen LogP contribution in [-0.4, -0.2) is 21.2 Å². The minimum absolute atomic E-state index is 0.360. The summed E-state index contributed by atoms with van der Waals surface area (Å²) in [6, 6.07) is 1.83. The molecule has 4 nitrogen and oxygen atoms in total. The molecule has 0 spiro atoms. The number of halogens is 1. The average molecular weight is 358 g/mol. The molecule has 0 radical (unpaired) electrons. The van der Waals surface area contributed by atoms with Crippen molar-refractivity contribution in [2.24, 2.45) is 0 Å². The first kappa shape index (κ1) is 13.3. The molecule has 18 heavy (non-hydrogen) atoms. The van der Waals surface area contributed by atoms with Crippen LogP contribution in [0.2, 0.25) is 0 Å². The molecule has 0 N–H and O–H groups in total. The molecule has 5 heteroatoms. The first-order chi connectivity index (χ1) is 8.29. The van der Waals surface area contributed by atoms with Crippen LogP contribution in [0.15, 0.2) is 18.5 Å². The van der Waals surface area contributed by atoms with Gasteiger partial charge in [-0.1, -0.05) is 0 Å². The fourth-order valence-corrected chi connectivity index (χ4v) is 2.70. The molecule has 0 saturated heterocycles. The third-order valence-corrected chi connectivity index (χ3v) is 3.27. The number of rotatable bonds is 0. The summed E-state index contributed by atoms with van der Waals surface area (Å²) in [5.41, 5.74) is 1.25. The molecule has 0 aliphatic carbocycles. The van der Waals surface area contributed by atoms with E-state index in [1.807, 2.05) is 33.8 Å². The third kappa shape index (κ3) is 2.50. The molecule has 2 aromatic heterocycles. The lowest BCUT2D eigenvalue weighted by atomic mass is 10.2. The predicted octanol–water partition coefficient (Wildman–Crippen LogP) is 3.73. The Hall–Kier alpha value is -1.11. The van der Waals surface area contributed by atoms with Crippen LogP contribution in [0.5, 0.6) is 0 Å². The Kier molecular flexibility index (Phi) is 3.35. The maximum absolute atomic E-state index is 12.1. The van der Waals surface area contributed by atoms with E-state index in [-0.39, 0.29) is 6.09 Å². The Morgan fingerprint density at radius 2 is 2.11 bits per heavy atom. The Balaban J connectivity index is 2.53. The average Bonchev–Trinajstić information content (AvgIpc) is 2.55. The molecule has 0 amide bonds. The van der Waals surface area contributed by atoms with Crippen molar-refractivity contribution in [3.63, 3.8) is 0 Å². The van der Waals surface area contributed by atoms with E-state index in [1.54, 1.807) is 12.4 Å². The molecular formula is C13H15IN2O2. The zero-order valence-corrected chi connectivity index (χ0v) is 13.0. The maximum atomic E-state index is 12.1. The van der Waals surface area contributed by atoms with Gasteiger partial charge in [0.2, 0.25) is 0 Å². The number of hydrogen-bond donors (Lipinski definition) is 0. The second kappa shape index (κ2) is 4.53. The van der Waals surface area contributed by atoms with Gasteiger partial charge < -0.3 is 4.74 Å². The number of nitrogens with zero attached hydrogens (tertiary/aromatic N) is 2. The summed E-state index contributed by atoms with van der Waals surface area (Å²) >= 11 is 2.21. The molecule has 2 rings (SSSR count). The van der Waals surface area contributed by atoms with Gasteiger partial charge in [0.15, 0.2) is 0 Å². The standard InChI is InChI=1S/C13H15IN2O2/c1-8-11-9(14)7-16(10(11)5-6-15-8)12(17)18-13(2,3)4/h5-7H,1-4H3. The lowest BCUT2D eigenvalue weighted by molar-refractivity contribution is 0.0544. The fourth-order valence-electron chi connectivity index (χ4n) is 1.76. The normalized spacial score (nSPS) is 11.8. The third-order valence-electron chi connectivity index (χ3n) is 2.45. The summed E-state index contributed by atoms with van der Waals surface area (Å²) in [5.74, 6) is 0. The van der Waals surface area contributed by atoms with Crippen molar-refractivity contribution >= 4 is 39.6 Å². The minimum atomic E-state index is -0.499. The van der Waals surface area contributed by atoms with Gasteiger partial charge in [0.25, 0.3) is 0 Å². The van der Waals surface area contributed by atoms with Crippen LogP contribution in [0.4, 0.5) is 4.79 Å². The van der Waals surface area contributed by atoms with Crippen LogP contribution in [0.25, 0.3) is 10.9 Å². The highest BCUT2D eigenvalue weighted by molar-refractivity contribution is 14.1. The Morgan fingerprint density at radius 1 is 1.44 bits per heavy atom. The minimum Gasteiger partial charge on any atom is -0.443 e. The SMILES string of the molecule is Cc1nccc2c1c(I)cn2C(=O)OC(C)(C)C. The van der Waals surface area contributed by atoms with Gasteiger partial charge in [-0.3, -0.25) is 9.55 Å². The van der Waals surface area contributed by atoms with E-state index < -0.39 is 5.60 Å². The molecule has 96 valence electrons. The summed E-state index contributed by atoms with van der Waals surface area (Å²) in [4.78, 5) is 16.4. The molecule has 2 heterocycles. The van der Waals surface area contributed by atoms with Crippen LogP contribution in [-0.2, 0) is 4.74 Å².